The molecule has 0 saturated carbocycles. The van der Waals surface area contributed by atoms with Crippen molar-refractivity contribution < 1.29 is 18.0 Å². The van der Waals surface area contributed by atoms with Crippen LogP contribution in [0.5, 0.6) is 0 Å². The van der Waals surface area contributed by atoms with Gasteiger partial charge in [0.15, 0.2) is 9.84 Å². The first-order valence-corrected chi connectivity index (χ1v) is 7.80. The first-order chi connectivity index (χ1) is 8.13. The van der Waals surface area contributed by atoms with E-state index in [0.29, 0.717) is 19.5 Å². The summed E-state index contributed by atoms with van der Waals surface area (Å²) in [5.41, 5.74) is 0. The quantitative estimate of drug-likeness (QED) is 0.756. The molecular weight excluding hydrogens is 256 g/mol. The van der Waals surface area contributed by atoms with Crippen molar-refractivity contribution in [2.24, 2.45) is 0 Å². The van der Waals surface area contributed by atoms with E-state index in [4.69, 9.17) is 0 Å². The first-order valence-electron chi connectivity index (χ1n) is 5.91. The number of carbonyl (C=O) groups excluding carboxylic acids is 2. The maximum absolute atomic E-state index is 12.3. The van der Waals surface area contributed by atoms with Gasteiger partial charge in [0, 0.05) is 19.3 Å². The van der Waals surface area contributed by atoms with Gasteiger partial charge in [-0.2, -0.15) is 0 Å². The van der Waals surface area contributed by atoms with Gasteiger partial charge in [-0.05, 0) is 20.3 Å². The molecule has 0 radical (unpaired) electrons. The maximum Gasteiger partial charge on any atom is 0.244 e. The molecule has 1 aliphatic heterocycles. The van der Waals surface area contributed by atoms with Crippen molar-refractivity contribution in [2.75, 3.05) is 19.3 Å². The summed E-state index contributed by atoms with van der Waals surface area (Å²) in [5, 5.41) is 2.68. The Morgan fingerprint density at radius 1 is 1.50 bits per heavy atom. The molecule has 18 heavy (non-hydrogen) atoms. The summed E-state index contributed by atoms with van der Waals surface area (Å²) < 4.78 is 21.8. The Labute approximate surface area is 108 Å². The zero-order valence-electron chi connectivity index (χ0n) is 11.2. The van der Waals surface area contributed by atoms with E-state index in [2.05, 4.69) is 5.32 Å². The Balaban J connectivity index is 3.06. The summed E-state index contributed by atoms with van der Waals surface area (Å²) in [6.45, 7) is 5.26. The molecule has 0 aromatic rings. The molecule has 0 aliphatic carbocycles. The average molecular weight is 276 g/mol. The van der Waals surface area contributed by atoms with Gasteiger partial charge in [-0.25, -0.2) is 8.42 Å². The van der Waals surface area contributed by atoms with E-state index in [1.54, 1.807) is 6.92 Å². The molecule has 1 rings (SSSR count). The van der Waals surface area contributed by atoms with Gasteiger partial charge in [-0.3, -0.25) is 9.59 Å². The van der Waals surface area contributed by atoms with Crippen molar-refractivity contribution >= 4 is 21.7 Å². The maximum atomic E-state index is 12.3. The number of carbonyl (C=O) groups is 2. The third-order valence-corrected chi connectivity index (χ3v) is 5.45. The number of nitrogens with zero attached hydrogens (tertiary/aromatic N) is 1. The summed E-state index contributed by atoms with van der Waals surface area (Å²) in [6.07, 6.45) is 1.51. The minimum absolute atomic E-state index is 0.221. The van der Waals surface area contributed by atoms with E-state index >= 15 is 0 Å². The van der Waals surface area contributed by atoms with Crippen LogP contribution in [-0.2, 0) is 19.4 Å². The fraction of sp³-hybridized carbons (Fsp3) is 0.818. The third-order valence-electron chi connectivity index (χ3n) is 3.42. The van der Waals surface area contributed by atoms with Crippen LogP contribution in [0.25, 0.3) is 0 Å². The number of amides is 2. The standard InChI is InChI=1S/C11H20N2O4S/c1-5-8-9(14)12-6-7-13(8)10(15)11(2,3)18(4,16)17/h8H,5-7H2,1-4H3,(H,12,14). The van der Waals surface area contributed by atoms with Crippen LogP contribution >= 0.6 is 0 Å². The molecule has 2 amide bonds. The van der Waals surface area contributed by atoms with Crippen LogP contribution in [0, 0.1) is 0 Å². The van der Waals surface area contributed by atoms with Crippen molar-refractivity contribution in [3.05, 3.63) is 0 Å². The molecular formula is C11H20N2O4S. The topological polar surface area (TPSA) is 83.6 Å². The van der Waals surface area contributed by atoms with Gasteiger partial charge in [0.25, 0.3) is 0 Å². The molecule has 1 heterocycles. The molecule has 7 heteroatoms. The lowest BCUT2D eigenvalue weighted by Gasteiger charge is -2.38. The summed E-state index contributed by atoms with van der Waals surface area (Å²) in [7, 11) is -3.52. The Hall–Kier alpha value is -1.11. The lowest BCUT2D eigenvalue weighted by molar-refractivity contribution is -0.144. The molecule has 0 aromatic carbocycles. The smallest absolute Gasteiger partial charge is 0.244 e. The SMILES string of the molecule is CCC1C(=O)NCCN1C(=O)C(C)(C)S(C)(=O)=O. The number of hydrogen-bond donors (Lipinski definition) is 1. The van der Waals surface area contributed by atoms with Gasteiger partial charge < -0.3 is 10.2 Å². The zero-order chi connectivity index (χ0) is 14.1. The first kappa shape index (κ1) is 14.9. The Morgan fingerprint density at radius 2 is 2.06 bits per heavy atom. The van der Waals surface area contributed by atoms with E-state index in [1.807, 2.05) is 0 Å². The molecule has 104 valence electrons. The van der Waals surface area contributed by atoms with Crippen LogP contribution in [0.2, 0.25) is 0 Å². The lowest BCUT2D eigenvalue weighted by atomic mass is 10.1. The fourth-order valence-electron chi connectivity index (χ4n) is 1.87. The molecule has 0 aromatic heterocycles. The Morgan fingerprint density at radius 3 is 2.50 bits per heavy atom. The van der Waals surface area contributed by atoms with E-state index in [1.165, 1.54) is 18.7 Å². The predicted molar refractivity (Wildman–Crippen MR) is 67.7 cm³/mol. The number of rotatable bonds is 3. The van der Waals surface area contributed by atoms with E-state index in [9.17, 15) is 18.0 Å². The average Bonchev–Trinajstić information content (AvgIpc) is 2.26. The summed E-state index contributed by atoms with van der Waals surface area (Å²) in [4.78, 5) is 25.4. The van der Waals surface area contributed by atoms with Crippen LogP contribution < -0.4 is 5.32 Å². The van der Waals surface area contributed by atoms with E-state index in [-0.39, 0.29) is 5.91 Å². The number of sulfone groups is 1. The largest absolute Gasteiger partial charge is 0.353 e. The van der Waals surface area contributed by atoms with Crippen LogP contribution in [0.4, 0.5) is 0 Å². The van der Waals surface area contributed by atoms with Crippen molar-refractivity contribution in [2.45, 2.75) is 38.0 Å². The highest BCUT2D eigenvalue weighted by atomic mass is 32.2. The third kappa shape index (κ3) is 2.50. The Kier molecular flexibility index (Phi) is 4.05. The number of piperazine rings is 1. The van der Waals surface area contributed by atoms with Crippen LogP contribution in [0.15, 0.2) is 0 Å². The summed E-state index contributed by atoms with van der Waals surface area (Å²) in [6, 6.07) is -0.577. The van der Waals surface area contributed by atoms with E-state index < -0.39 is 26.5 Å². The normalized spacial score (nSPS) is 21.7. The van der Waals surface area contributed by atoms with Crippen molar-refractivity contribution in [1.29, 1.82) is 0 Å². The molecule has 1 fully saturated rings. The molecule has 1 N–H and O–H groups in total. The summed E-state index contributed by atoms with van der Waals surface area (Å²) in [5.74, 6) is -0.729. The van der Waals surface area contributed by atoms with E-state index in [0.717, 1.165) is 6.26 Å². The van der Waals surface area contributed by atoms with Gasteiger partial charge in [0.05, 0.1) is 0 Å². The second-order valence-corrected chi connectivity index (χ2v) is 7.56. The second-order valence-electron chi connectivity index (χ2n) is 5.00. The van der Waals surface area contributed by atoms with Gasteiger partial charge in [0.2, 0.25) is 11.8 Å². The van der Waals surface area contributed by atoms with Crippen molar-refractivity contribution in [3.8, 4) is 0 Å². The van der Waals surface area contributed by atoms with Gasteiger partial charge in [0.1, 0.15) is 10.8 Å². The molecule has 1 atom stereocenters. The molecule has 1 saturated heterocycles. The summed E-state index contributed by atoms with van der Waals surface area (Å²) >= 11 is 0. The number of nitrogens with one attached hydrogen (secondary N) is 1. The minimum atomic E-state index is -3.52. The van der Waals surface area contributed by atoms with Crippen LogP contribution in [0.1, 0.15) is 27.2 Å². The second kappa shape index (κ2) is 4.87. The molecule has 1 unspecified atom stereocenters. The van der Waals surface area contributed by atoms with Gasteiger partial charge in [-0.1, -0.05) is 6.92 Å². The monoisotopic (exact) mass is 276 g/mol. The molecule has 6 nitrogen and oxygen atoms in total. The number of hydrogen-bond acceptors (Lipinski definition) is 4. The molecule has 0 spiro atoms. The van der Waals surface area contributed by atoms with Crippen LogP contribution in [0.3, 0.4) is 0 Å². The van der Waals surface area contributed by atoms with Gasteiger partial charge in [-0.15, -0.1) is 0 Å². The predicted octanol–water partition coefficient (Wildman–Crippen LogP) is -0.453. The zero-order valence-corrected chi connectivity index (χ0v) is 12.0. The van der Waals surface area contributed by atoms with Crippen LogP contribution in [-0.4, -0.2) is 55.3 Å². The fourth-order valence-corrected chi connectivity index (χ4v) is 2.30. The Bertz CT molecular complexity index is 456. The minimum Gasteiger partial charge on any atom is -0.353 e. The van der Waals surface area contributed by atoms with Crippen molar-refractivity contribution in [1.82, 2.24) is 10.2 Å². The lowest BCUT2D eigenvalue weighted by Crippen LogP contribution is -2.61. The molecule has 1 aliphatic rings. The highest BCUT2D eigenvalue weighted by Gasteiger charge is 2.45. The molecule has 0 bridgehead atoms. The highest BCUT2D eigenvalue weighted by Crippen LogP contribution is 2.22. The van der Waals surface area contributed by atoms with Gasteiger partial charge >= 0.3 is 0 Å². The highest BCUT2D eigenvalue weighted by molar-refractivity contribution is 7.92. The van der Waals surface area contributed by atoms with Crippen molar-refractivity contribution in [3.63, 3.8) is 0 Å².